The Balaban J connectivity index is 2.12. The van der Waals surface area contributed by atoms with Gasteiger partial charge in [0.15, 0.2) is 0 Å². The summed E-state index contributed by atoms with van der Waals surface area (Å²) in [4.78, 5) is 3.61. The first-order chi connectivity index (χ1) is 15.7. The van der Waals surface area contributed by atoms with E-state index in [0.717, 1.165) is 0 Å². The third kappa shape index (κ3) is 13.7. The second-order valence-corrected chi connectivity index (χ2v) is 10.4. The van der Waals surface area contributed by atoms with E-state index < -0.39 is 0 Å². The molecule has 1 heterocycles. The van der Waals surface area contributed by atoms with Crippen LogP contribution in [0.4, 0.5) is 0 Å². The van der Waals surface area contributed by atoms with Crippen molar-refractivity contribution >= 4 is 0 Å². The monoisotopic (exact) mass is 447 g/mol. The third-order valence-electron chi connectivity index (χ3n) is 7.51. The predicted molar refractivity (Wildman–Crippen MR) is 142 cm³/mol. The molecule has 1 rings (SSSR count). The van der Waals surface area contributed by atoms with Gasteiger partial charge in [0.2, 0.25) is 0 Å². The van der Waals surface area contributed by atoms with E-state index in [2.05, 4.69) is 49.6 Å². The van der Waals surface area contributed by atoms with E-state index in [9.17, 15) is 0 Å². The Hall–Kier alpha value is -0.790. The van der Waals surface area contributed by atoms with Crippen LogP contribution in [-0.2, 0) is 0 Å². The molecular weight excluding hydrogens is 388 g/mol. The topological polar surface area (TPSA) is 19.7 Å². The SMILES string of the molecule is CCCCCCCCCCCCCCCCCC(CCCCC)c1[nH]cc[n+]1C(C)CC. The van der Waals surface area contributed by atoms with Gasteiger partial charge < -0.3 is 0 Å². The zero-order valence-corrected chi connectivity index (χ0v) is 22.6. The van der Waals surface area contributed by atoms with Gasteiger partial charge in [0.1, 0.15) is 12.4 Å². The molecule has 0 saturated carbocycles. The first-order valence-corrected chi connectivity index (χ1v) is 14.8. The van der Waals surface area contributed by atoms with E-state index in [4.69, 9.17) is 0 Å². The fraction of sp³-hybridized carbons (Fsp3) is 0.900. The summed E-state index contributed by atoms with van der Waals surface area (Å²) in [6, 6.07) is 0.603. The lowest BCUT2D eigenvalue weighted by Gasteiger charge is -2.16. The quantitative estimate of drug-likeness (QED) is 0.127. The van der Waals surface area contributed by atoms with Gasteiger partial charge in [-0.15, -0.1) is 0 Å². The number of nitrogens with one attached hydrogen (secondary N) is 1. The molecule has 1 aromatic heterocycles. The Morgan fingerprint density at radius 3 is 1.50 bits per heavy atom. The molecule has 188 valence electrons. The van der Waals surface area contributed by atoms with E-state index in [0.29, 0.717) is 12.0 Å². The molecule has 0 aliphatic carbocycles. The fourth-order valence-electron chi connectivity index (χ4n) is 5.09. The van der Waals surface area contributed by atoms with Crippen LogP contribution in [0.3, 0.4) is 0 Å². The Morgan fingerprint density at radius 2 is 1.03 bits per heavy atom. The average Bonchev–Trinajstić information content (AvgIpc) is 3.29. The fourth-order valence-corrected chi connectivity index (χ4v) is 5.09. The van der Waals surface area contributed by atoms with Gasteiger partial charge in [-0.1, -0.05) is 136 Å². The number of imidazole rings is 1. The number of unbranched alkanes of at least 4 members (excludes halogenated alkanes) is 16. The lowest BCUT2D eigenvalue weighted by molar-refractivity contribution is -0.726. The van der Waals surface area contributed by atoms with Crippen molar-refractivity contribution in [2.24, 2.45) is 0 Å². The number of H-pyrrole nitrogens is 1. The molecule has 0 aromatic carbocycles. The maximum Gasteiger partial charge on any atom is 0.257 e. The highest BCUT2D eigenvalue weighted by Gasteiger charge is 2.24. The molecule has 1 aromatic rings. The summed E-state index contributed by atoms with van der Waals surface area (Å²) in [6.07, 6.45) is 34.1. The van der Waals surface area contributed by atoms with Crippen LogP contribution in [0.25, 0.3) is 0 Å². The van der Waals surface area contributed by atoms with Gasteiger partial charge in [0.25, 0.3) is 5.82 Å². The van der Waals surface area contributed by atoms with Gasteiger partial charge in [-0.3, -0.25) is 0 Å². The van der Waals surface area contributed by atoms with Crippen molar-refractivity contribution in [2.75, 3.05) is 0 Å². The van der Waals surface area contributed by atoms with Crippen molar-refractivity contribution in [3.05, 3.63) is 18.2 Å². The summed E-state index contributed by atoms with van der Waals surface area (Å²) in [6.45, 7) is 9.28. The Morgan fingerprint density at radius 1 is 0.625 bits per heavy atom. The predicted octanol–water partition coefficient (Wildman–Crippen LogP) is 10.2. The maximum absolute atomic E-state index is 3.61. The zero-order valence-electron chi connectivity index (χ0n) is 22.6. The highest BCUT2D eigenvalue weighted by atomic mass is 15.1. The zero-order chi connectivity index (χ0) is 23.3. The second-order valence-electron chi connectivity index (χ2n) is 10.4. The first kappa shape index (κ1) is 29.2. The molecule has 2 heteroatoms. The van der Waals surface area contributed by atoms with E-state index in [1.165, 1.54) is 141 Å². The summed E-state index contributed by atoms with van der Waals surface area (Å²) in [5.41, 5.74) is 0. The van der Waals surface area contributed by atoms with Crippen LogP contribution in [0.15, 0.2) is 12.4 Å². The normalized spacial score (nSPS) is 13.5. The van der Waals surface area contributed by atoms with Crippen molar-refractivity contribution in [1.82, 2.24) is 4.98 Å². The standard InChI is InChI=1S/C30H58N2/c1-5-8-10-11-12-13-14-15-16-17-18-19-20-21-23-25-29(24-22-9-6-2)30-31-26-27-32(30)28(4)7-3/h26-29H,5-25H2,1-4H3/p+1. The van der Waals surface area contributed by atoms with Gasteiger partial charge in [-0.05, 0) is 26.2 Å². The molecule has 0 fully saturated rings. The molecule has 0 radical (unpaired) electrons. The van der Waals surface area contributed by atoms with Gasteiger partial charge in [0, 0.05) is 0 Å². The number of aromatic nitrogens is 2. The van der Waals surface area contributed by atoms with Gasteiger partial charge >= 0.3 is 0 Å². The molecule has 0 saturated heterocycles. The van der Waals surface area contributed by atoms with Crippen LogP contribution in [0, 0.1) is 0 Å². The summed E-state index contributed by atoms with van der Waals surface area (Å²) in [5.74, 6) is 2.20. The average molecular weight is 448 g/mol. The molecule has 2 unspecified atom stereocenters. The lowest BCUT2D eigenvalue weighted by atomic mass is 9.93. The van der Waals surface area contributed by atoms with Crippen LogP contribution >= 0.6 is 0 Å². The molecule has 1 N–H and O–H groups in total. The summed E-state index contributed by atoms with van der Waals surface area (Å²) in [5, 5.41) is 0. The number of hydrogen-bond donors (Lipinski definition) is 1. The molecule has 0 aliphatic heterocycles. The highest BCUT2D eigenvalue weighted by molar-refractivity contribution is 4.90. The summed E-state index contributed by atoms with van der Waals surface area (Å²) < 4.78 is 2.52. The van der Waals surface area contributed by atoms with Crippen molar-refractivity contribution in [2.45, 2.75) is 174 Å². The molecule has 32 heavy (non-hydrogen) atoms. The Labute approximate surface area is 202 Å². The van der Waals surface area contributed by atoms with Crippen LogP contribution < -0.4 is 4.57 Å². The Bertz CT molecular complexity index is 507. The first-order valence-electron chi connectivity index (χ1n) is 14.8. The number of aromatic amines is 1. The van der Waals surface area contributed by atoms with E-state index in [1.54, 1.807) is 0 Å². The van der Waals surface area contributed by atoms with E-state index >= 15 is 0 Å². The largest absolute Gasteiger partial charge is 0.257 e. The number of hydrogen-bond acceptors (Lipinski definition) is 0. The van der Waals surface area contributed by atoms with Gasteiger partial charge in [-0.25, -0.2) is 9.55 Å². The van der Waals surface area contributed by atoms with Crippen molar-refractivity contribution in [3.63, 3.8) is 0 Å². The number of rotatable bonds is 23. The van der Waals surface area contributed by atoms with Crippen molar-refractivity contribution < 1.29 is 4.57 Å². The van der Waals surface area contributed by atoms with Crippen LogP contribution in [0.2, 0.25) is 0 Å². The van der Waals surface area contributed by atoms with Crippen molar-refractivity contribution in [3.8, 4) is 0 Å². The van der Waals surface area contributed by atoms with Crippen molar-refractivity contribution in [1.29, 1.82) is 0 Å². The van der Waals surface area contributed by atoms with Crippen LogP contribution in [0.1, 0.15) is 180 Å². The molecule has 0 spiro atoms. The van der Waals surface area contributed by atoms with Gasteiger partial charge in [-0.2, -0.15) is 0 Å². The minimum absolute atomic E-state index is 0.603. The number of nitrogens with zero attached hydrogens (tertiary/aromatic N) is 1. The van der Waals surface area contributed by atoms with E-state index in [-0.39, 0.29) is 0 Å². The third-order valence-corrected chi connectivity index (χ3v) is 7.51. The highest BCUT2D eigenvalue weighted by Crippen LogP contribution is 2.26. The minimum Gasteiger partial charge on any atom is -0.247 e. The molecular formula is C30H59N2+. The van der Waals surface area contributed by atoms with Crippen LogP contribution in [-0.4, -0.2) is 4.98 Å². The molecule has 0 bridgehead atoms. The lowest BCUT2D eigenvalue weighted by Crippen LogP contribution is -2.40. The minimum atomic E-state index is 0.603. The smallest absolute Gasteiger partial charge is 0.247 e. The second kappa shape index (κ2) is 20.8. The summed E-state index contributed by atoms with van der Waals surface area (Å²) in [7, 11) is 0. The molecule has 0 aliphatic rings. The molecule has 2 nitrogen and oxygen atoms in total. The van der Waals surface area contributed by atoms with E-state index in [1.807, 2.05) is 0 Å². The van der Waals surface area contributed by atoms with Gasteiger partial charge in [0.05, 0.1) is 12.0 Å². The molecule has 0 amide bonds. The maximum atomic E-state index is 3.61. The summed E-state index contributed by atoms with van der Waals surface area (Å²) >= 11 is 0. The Kier molecular flexibility index (Phi) is 19.0. The molecule has 2 atom stereocenters. The van der Waals surface area contributed by atoms with Crippen LogP contribution in [0.5, 0.6) is 0 Å².